The summed E-state index contributed by atoms with van der Waals surface area (Å²) in [6.45, 7) is 4.15. The van der Waals surface area contributed by atoms with Gasteiger partial charge in [0.05, 0.1) is 18.8 Å². The van der Waals surface area contributed by atoms with Gasteiger partial charge >= 0.3 is 0 Å². The Morgan fingerprint density at radius 2 is 0.837 bits per heavy atom. The lowest BCUT2D eigenvalue weighted by Crippen LogP contribution is -2.50. The zero-order valence-corrected chi connectivity index (χ0v) is 32.6. The standard InChI is InChI=1S/C44H83NO4/c1-3-5-7-9-11-13-15-17-19-21-23-24-26-28-30-32-34-36-38-42(47)44(49)41(40-46)45-43(48)39-37-35-33-31-29-27-25-22-20-18-16-14-12-10-8-6-4-2/h18,20,23-24,30,32,41-42,44,46-47,49H,3-17,19,21-22,25-29,31,33-40H2,1-2H3,(H,45,48)/b20-18-,24-23+,32-30+. The summed E-state index contributed by atoms with van der Waals surface area (Å²) in [4.78, 5) is 12.4. The van der Waals surface area contributed by atoms with Crippen molar-refractivity contribution in [1.82, 2.24) is 5.32 Å². The summed E-state index contributed by atoms with van der Waals surface area (Å²) in [5.74, 6) is -0.164. The Labute approximate surface area is 304 Å². The summed E-state index contributed by atoms with van der Waals surface area (Å²) in [5.41, 5.74) is 0. The number of carbonyl (C=O) groups is 1. The molecule has 0 spiro atoms. The van der Waals surface area contributed by atoms with Crippen LogP contribution in [0.3, 0.4) is 0 Å². The van der Waals surface area contributed by atoms with Gasteiger partial charge in [0.1, 0.15) is 6.10 Å². The Kier molecular flexibility index (Phi) is 38.2. The van der Waals surface area contributed by atoms with Crippen molar-refractivity contribution in [1.29, 1.82) is 0 Å². The highest BCUT2D eigenvalue weighted by atomic mass is 16.3. The topological polar surface area (TPSA) is 89.8 Å². The first-order valence-electron chi connectivity index (χ1n) is 21.3. The van der Waals surface area contributed by atoms with E-state index in [9.17, 15) is 20.1 Å². The van der Waals surface area contributed by atoms with E-state index >= 15 is 0 Å². The van der Waals surface area contributed by atoms with E-state index in [0.29, 0.717) is 12.8 Å². The quantitative estimate of drug-likeness (QED) is 0.0384. The van der Waals surface area contributed by atoms with Crippen LogP contribution >= 0.6 is 0 Å². The number of hydrogen-bond acceptors (Lipinski definition) is 4. The predicted molar refractivity (Wildman–Crippen MR) is 213 cm³/mol. The maximum atomic E-state index is 12.4. The fourth-order valence-corrected chi connectivity index (χ4v) is 6.35. The summed E-state index contributed by atoms with van der Waals surface area (Å²) < 4.78 is 0. The molecule has 0 radical (unpaired) electrons. The first-order chi connectivity index (χ1) is 24.1. The summed E-state index contributed by atoms with van der Waals surface area (Å²) in [5, 5.41) is 33.5. The highest BCUT2D eigenvalue weighted by molar-refractivity contribution is 5.76. The molecular weight excluding hydrogens is 606 g/mol. The van der Waals surface area contributed by atoms with E-state index in [0.717, 1.165) is 44.9 Å². The van der Waals surface area contributed by atoms with E-state index in [1.54, 1.807) is 0 Å². The number of nitrogens with one attached hydrogen (secondary N) is 1. The van der Waals surface area contributed by atoms with Crippen molar-refractivity contribution in [2.45, 2.75) is 231 Å². The van der Waals surface area contributed by atoms with Crippen LogP contribution in [0, 0.1) is 0 Å². The van der Waals surface area contributed by atoms with E-state index in [1.165, 1.54) is 141 Å². The highest BCUT2D eigenvalue weighted by Gasteiger charge is 2.26. The van der Waals surface area contributed by atoms with Crippen LogP contribution in [0.15, 0.2) is 36.5 Å². The van der Waals surface area contributed by atoms with Crippen molar-refractivity contribution in [3.63, 3.8) is 0 Å². The molecule has 0 fully saturated rings. The van der Waals surface area contributed by atoms with Gasteiger partial charge in [0.15, 0.2) is 0 Å². The van der Waals surface area contributed by atoms with Crippen LogP contribution < -0.4 is 5.32 Å². The van der Waals surface area contributed by atoms with Crippen molar-refractivity contribution in [3.8, 4) is 0 Å². The molecule has 0 aliphatic carbocycles. The molecule has 0 heterocycles. The first kappa shape index (κ1) is 47.6. The molecule has 288 valence electrons. The SMILES string of the molecule is CCCCCCCC/C=C\CCCCCCCCCC(=O)NC(CO)C(O)C(O)CCC/C=C/CC/C=C/CCCCCCCCCCC. The molecule has 5 nitrogen and oxygen atoms in total. The van der Waals surface area contributed by atoms with Crippen LogP contribution in [0.25, 0.3) is 0 Å². The van der Waals surface area contributed by atoms with Gasteiger partial charge in [-0.25, -0.2) is 0 Å². The number of allylic oxidation sites excluding steroid dienone is 6. The Bertz CT molecular complexity index is 764. The average molecular weight is 690 g/mol. The lowest BCUT2D eigenvalue weighted by molar-refractivity contribution is -0.124. The molecule has 0 saturated carbocycles. The second-order valence-corrected chi connectivity index (χ2v) is 14.5. The largest absolute Gasteiger partial charge is 0.394 e. The molecule has 3 unspecified atom stereocenters. The summed E-state index contributed by atoms with van der Waals surface area (Å²) in [7, 11) is 0. The Morgan fingerprint density at radius 3 is 1.24 bits per heavy atom. The maximum Gasteiger partial charge on any atom is 0.220 e. The Balaban J connectivity index is 3.73. The molecule has 3 atom stereocenters. The molecule has 5 heteroatoms. The molecule has 49 heavy (non-hydrogen) atoms. The van der Waals surface area contributed by atoms with Crippen LogP contribution in [0.1, 0.15) is 213 Å². The van der Waals surface area contributed by atoms with E-state index < -0.39 is 18.2 Å². The smallest absolute Gasteiger partial charge is 0.220 e. The van der Waals surface area contributed by atoms with Crippen molar-refractivity contribution in [2.24, 2.45) is 0 Å². The third kappa shape index (κ3) is 34.8. The van der Waals surface area contributed by atoms with E-state index in [-0.39, 0.29) is 12.5 Å². The monoisotopic (exact) mass is 690 g/mol. The van der Waals surface area contributed by atoms with Gasteiger partial charge in [-0.1, -0.05) is 166 Å². The minimum absolute atomic E-state index is 0.164. The van der Waals surface area contributed by atoms with Crippen molar-refractivity contribution >= 4 is 5.91 Å². The van der Waals surface area contributed by atoms with Crippen molar-refractivity contribution in [3.05, 3.63) is 36.5 Å². The van der Waals surface area contributed by atoms with E-state index in [2.05, 4.69) is 55.6 Å². The minimum Gasteiger partial charge on any atom is -0.394 e. The van der Waals surface area contributed by atoms with E-state index in [4.69, 9.17) is 0 Å². The molecule has 0 aromatic rings. The number of aliphatic hydroxyl groups excluding tert-OH is 3. The van der Waals surface area contributed by atoms with Gasteiger partial charge in [-0.05, 0) is 77.0 Å². The van der Waals surface area contributed by atoms with Gasteiger partial charge < -0.3 is 20.6 Å². The van der Waals surface area contributed by atoms with Gasteiger partial charge in [-0.15, -0.1) is 0 Å². The summed E-state index contributed by atoms with van der Waals surface area (Å²) in [6, 6.07) is -0.833. The molecule has 0 aliphatic heterocycles. The maximum absolute atomic E-state index is 12.4. The molecule has 0 bridgehead atoms. The van der Waals surface area contributed by atoms with Gasteiger partial charge in [-0.3, -0.25) is 4.79 Å². The number of amides is 1. The Hall–Kier alpha value is -1.43. The number of hydrogen-bond donors (Lipinski definition) is 4. The number of rotatable bonds is 38. The average Bonchev–Trinajstić information content (AvgIpc) is 3.10. The second kappa shape index (κ2) is 39.4. The molecule has 0 aromatic carbocycles. The number of carbonyl (C=O) groups excluding carboxylic acids is 1. The molecule has 0 aromatic heterocycles. The van der Waals surface area contributed by atoms with Crippen LogP contribution in [0.5, 0.6) is 0 Å². The Morgan fingerprint density at radius 1 is 0.490 bits per heavy atom. The highest BCUT2D eigenvalue weighted by Crippen LogP contribution is 2.14. The fraction of sp³-hybridized carbons (Fsp3) is 0.841. The van der Waals surface area contributed by atoms with Gasteiger partial charge in [-0.2, -0.15) is 0 Å². The predicted octanol–water partition coefficient (Wildman–Crippen LogP) is 12.0. The van der Waals surface area contributed by atoms with Crippen LogP contribution in [-0.2, 0) is 4.79 Å². The molecule has 1 amide bonds. The third-order valence-electron chi connectivity index (χ3n) is 9.69. The summed E-state index contributed by atoms with van der Waals surface area (Å²) in [6.07, 6.45) is 48.2. The molecule has 0 saturated heterocycles. The van der Waals surface area contributed by atoms with Gasteiger partial charge in [0.25, 0.3) is 0 Å². The molecule has 4 N–H and O–H groups in total. The van der Waals surface area contributed by atoms with E-state index in [1.807, 2.05) is 0 Å². The lowest BCUT2D eigenvalue weighted by atomic mass is 10.0. The lowest BCUT2D eigenvalue weighted by Gasteiger charge is -2.26. The van der Waals surface area contributed by atoms with Crippen molar-refractivity contribution < 1.29 is 20.1 Å². The minimum atomic E-state index is -1.17. The zero-order chi connectivity index (χ0) is 35.9. The van der Waals surface area contributed by atoms with Crippen LogP contribution in [0.2, 0.25) is 0 Å². The van der Waals surface area contributed by atoms with Crippen LogP contribution in [0.4, 0.5) is 0 Å². The zero-order valence-electron chi connectivity index (χ0n) is 32.6. The third-order valence-corrected chi connectivity index (χ3v) is 9.69. The molecular formula is C44H83NO4. The number of aliphatic hydroxyl groups is 3. The summed E-state index contributed by atoms with van der Waals surface area (Å²) >= 11 is 0. The fourth-order valence-electron chi connectivity index (χ4n) is 6.35. The molecule has 0 rings (SSSR count). The van der Waals surface area contributed by atoms with Crippen LogP contribution in [-0.4, -0.2) is 46.1 Å². The van der Waals surface area contributed by atoms with Gasteiger partial charge in [0, 0.05) is 6.42 Å². The van der Waals surface area contributed by atoms with Crippen molar-refractivity contribution in [2.75, 3.05) is 6.61 Å². The first-order valence-corrected chi connectivity index (χ1v) is 21.3. The second-order valence-electron chi connectivity index (χ2n) is 14.5. The normalized spacial score (nSPS) is 14.0. The number of unbranched alkanes of at least 4 members (excludes halogenated alkanes) is 24. The van der Waals surface area contributed by atoms with Gasteiger partial charge in [0.2, 0.25) is 5.91 Å². The molecule has 0 aliphatic rings.